The van der Waals surface area contributed by atoms with E-state index >= 15 is 0 Å². The maximum atomic E-state index is 6.18. The van der Waals surface area contributed by atoms with Crippen molar-refractivity contribution in [3.63, 3.8) is 0 Å². The average Bonchev–Trinajstić information content (AvgIpc) is 2.99. The predicted octanol–water partition coefficient (Wildman–Crippen LogP) is 2.78. The molecule has 4 rings (SSSR count). The van der Waals surface area contributed by atoms with Gasteiger partial charge in [0.05, 0.1) is 6.10 Å². The van der Waals surface area contributed by atoms with E-state index in [1.807, 2.05) is 44.2 Å². The van der Waals surface area contributed by atoms with Crippen molar-refractivity contribution in [3.05, 3.63) is 35.9 Å². The summed E-state index contributed by atoms with van der Waals surface area (Å²) in [7, 11) is 0. The number of ether oxygens (including phenoxy) is 5. The number of hydrogen-bond donors (Lipinski definition) is 0. The first kappa shape index (κ1) is 15.3. The van der Waals surface area contributed by atoms with Crippen LogP contribution in [-0.2, 0) is 23.7 Å². The van der Waals surface area contributed by atoms with Crippen LogP contribution >= 0.6 is 22.6 Å². The molecule has 0 spiro atoms. The molecule has 120 valence electrons. The van der Waals surface area contributed by atoms with Crippen molar-refractivity contribution >= 4 is 22.6 Å². The van der Waals surface area contributed by atoms with Crippen LogP contribution in [0.4, 0.5) is 0 Å². The van der Waals surface area contributed by atoms with Gasteiger partial charge in [-0.1, -0.05) is 52.9 Å². The molecular weight excluding hydrogens is 399 g/mol. The molecule has 1 aromatic rings. The Bertz CT molecular complexity index is 537. The lowest BCUT2D eigenvalue weighted by atomic mass is 10.0. The fraction of sp³-hybridized carbons (Fsp3) is 0.625. The summed E-state index contributed by atoms with van der Waals surface area (Å²) in [5, 5.41) is 0. The highest BCUT2D eigenvalue weighted by Gasteiger charge is 2.59. The van der Waals surface area contributed by atoms with Gasteiger partial charge in [0.1, 0.15) is 18.3 Å². The second kappa shape index (κ2) is 5.68. The summed E-state index contributed by atoms with van der Waals surface area (Å²) in [6, 6.07) is 9.98. The summed E-state index contributed by atoms with van der Waals surface area (Å²) in [4.78, 5) is 0. The van der Waals surface area contributed by atoms with Gasteiger partial charge in [-0.25, -0.2) is 0 Å². The normalized spacial score (nSPS) is 42.9. The molecule has 0 radical (unpaired) electrons. The van der Waals surface area contributed by atoms with Gasteiger partial charge in [0.2, 0.25) is 0 Å². The summed E-state index contributed by atoms with van der Waals surface area (Å²) in [6.07, 6.45) is -1.34. The van der Waals surface area contributed by atoms with Gasteiger partial charge < -0.3 is 23.7 Å². The van der Waals surface area contributed by atoms with E-state index in [9.17, 15) is 0 Å². The second-order valence-corrected chi connectivity index (χ2v) is 7.12. The van der Waals surface area contributed by atoms with Gasteiger partial charge in [-0.15, -0.1) is 0 Å². The molecule has 3 heterocycles. The zero-order valence-electron chi connectivity index (χ0n) is 12.5. The van der Waals surface area contributed by atoms with Gasteiger partial charge in [0.15, 0.2) is 18.4 Å². The third-order valence-corrected chi connectivity index (χ3v) is 5.06. The van der Waals surface area contributed by atoms with Crippen molar-refractivity contribution in [2.75, 3.05) is 4.43 Å². The molecule has 0 aliphatic carbocycles. The number of fused-ring (bicyclic) bond motifs is 3. The topological polar surface area (TPSA) is 46.2 Å². The van der Waals surface area contributed by atoms with Crippen LogP contribution in [0.5, 0.6) is 0 Å². The Labute approximate surface area is 143 Å². The minimum absolute atomic E-state index is 0.0366. The van der Waals surface area contributed by atoms with Gasteiger partial charge in [-0.3, -0.25) is 0 Å². The van der Waals surface area contributed by atoms with Crippen LogP contribution in [0.25, 0.3) is 0 Å². The molecule has 0 amide bonds. The summed E-state index contributed by atoms with van der Waals surface area (Å²) in [6.45, 7) is 3.79. The van der Waals surface area contributed by atoms with Gasteiger partial charge in [-0.2, -0.15) is 0 Å². The van der Waals surface area contributed by atoms with Crippen LogP contribution in [0.15, 0.2) is 30.3 Å². The van der Waals surface area contributed by atoms with E-state index in [-0.39, 0.29) is 30.7 Å². The van der Waals surface area contributed by atoms with Crippen molar-refractivity contribution in [1.82, 2.24) is 0 Å². The Morgan fingerprint density at radius 1 is 0.955 bits per heavy atom. The molecule has 6 heteroatoms. The molecule has 3 aliphatic heterocycles. The van der Waals surface area contributed by atoms with Gasteiger partial charge in [-0.05, 0) is 13.8 Å². The summed E-state index contributed by atoms with van der Waals surface area (Å²) in [5.74, 6) is -0.635. The quantitative estimate of drug-likeness (QED) is 0.546. The van der Waals surface area contributed by atoms with Crippen LogP contribution in [0.2, 0.25) is 0 Å². The molecular formula is C16H19IO5. The van der Waals surface area contributed by atoms with Gasteiger partial charge in [0.25, 0.3) is 0 Å². The molecule has 0 saturated carbocycles. The van der Waals surface area contributed by atoms with E-state index < -0.39 is 12.1 Å². The predicted molar refractivity (Wildman–Crippen MR) is 86.5 cm³/mol. The number of alkyl halides is 1. The van der Waals surface area contributed by atoms with Crippen LogP contribution < -0.4 is 0 Å². The molecule has 0 bridgehead atoms. The van der Waals surface area contributed by atoms with Crippen LogP contribution in [0.3, 0.4) is 0 Å². The number of halogens is 1. The second-order valence-electron chi connectivity index (χ2n) is 6.24. The number of rotatable bonds is 2. The minimum Gasteiger partial charge on any atom is -0.341 e. The Balaban J connectivity index is 1.59. The minimum atomic E-state index is -0.635. The monoisotopic (exact) mass is 418 g/mol. The lowest BCUT2D eigenvalue weighted by molar-refractivity contribution is -0.305. The van der Waals surface area contributed by atoms with E-state index in [2.05, 4.69) is 22.6 Å². The van der Waals surface area contributed by atoms with E-state index in [4.69, 9.17) is 23.7 Å². The largest absolute Gasteiger partial charge is 0.341 e. The highest BCUT2D eigenvalue weighted by Crippen LogP contribution is 2.45. The highest BCUT2D eigenvalue weighted by molar-refractivity contribution is 14.1. The lowest BCUT2D eigenvalue weighted by Crippen LogP contribution is -2.50. The van der Waals surface area contributed by atoms with Gasteiger partial charge >= 0.3 is 0 Å². The molecule has 0 aromatic heterocycles. The van der Waals surface area contributed by atoms with Crippen molar-refractivity contribution in [2.24, 2.45) is 0 Å². The average molecular weight is 418 g/mol. The first-order valence-electron chi connectivity index (χ1n) is 7.50. The third kappa shape index (κ3) is 2.59. The fourth-order valence-electron chi connectivity index (χ4n) is 3.26. The van der Waals surface area contributed by atoms with Crippen molar-refractivity contribution < 1.29 is 23.7 Å². The maximum absolute atomic E-state index is 6.18. The van der Waals surface area contributed by atoms with Crippen LogP contribution in [-0.4, -0.2) is 40.9 Å². The van der Waals surface area contributed by atoms with Crippen LogP contribution in [0, 0.1) is 0 Å². The van der Waals surface area contributed by atoms with E-state index in [0.717, 1.165) is 9.99 Å². The Kier molecular flexibility index (Phi) is 3.95. The summed E-state index contributed by atoms with van der Waals surface area (Å²) < 4.78 is 30.9. The zero-order chi connectivity index (χ0) is 15.3. The first-order chi connectivity index (χ1) is 10.6. The highest BCUT2D eigenvalue weighted by atomic mass is 127. The lowest BCUT2D eigenvalue weighted by Gasteiger charge is -2.39. The zero-order valence-corrected chi connectivity index (χ0v) is 14.6. The molecule has 3 saturated heterocycles. The molecule has 6 atom stereocenters. The third-order valence-electron chi connectivity index (χ3n) is 4.20. The van der Waals surface area contributed by atoms with Crippen molar-refractivity contribution in [3.8, 4) is 0 Å². The Morgan fingerprint density at radius 2 is 1.73 bits per heavy atom. The fourth-order valence-corrected chi connectivity index (χ4v) is 3.97. The summed E-state index contributed by atoms with van der Waals surface area (Å²) in [5.41, 5.74) is 1.01. The van der Waals surface area contributed by atoms with E-state index in [1.165, 1.54) is 0 Å². The smallest absolute Gasteiger partial charge is 0.190 e. The Hall–Kier alpha value is -0.250. The van der Waals surface area contributed by atoms with Gasteiger partial charge in [0, 0.05) is 9.99 Å². The Morgan fingerprint density at radius 3 is 2.45 bits per heavy atom. The SMILES string of the molecule is CC1(C)O[C@H]2O[C@@H]3C(CI)OC(c4ccccc4)O[C@@H]3[C@H]2O1. The van der Waals surface area contributed by atoms with Crippen LogP contribution in [0.1, 0.15) is 25.7 Å². The molecule has 3 fully saturated rings. The van der Waals surface area contributed by atoms with E-state index in [1.54, 1.807) is 0 Å². The standard InChI is InChI=1S/C16H19IO5/c1-16(2)21-13-12-11(19-15(13)22-16)10(8-17)18-14(20-12)9-6-4-3-5-7-9/h3-7,10-15H,8H2,1-2H3/t10?,11-,12+,13-,14?,15-/m1/s1. The number of hydrogen-bond acceptors (Lipinski definition) is 5. The molecule has 5 nitrogen and oxygen atoms in total. The summed E-state index contributed by atoms with van der Waals surface area (Å²) >= 11 is 2.32. The van der Waals surface area contributed by atoms with Crippen molar-refractivity contribution in [1.29, 1.82) is 0 Å². The van der Waals surface area contributed by atoms with Crippen molar-refractivity contribution in [2.45, 2.75) is 56.6 Å². The van der Waals surface area contributed by atoms with E-state index in [0.29, 0.717) is 0 Å². The molecule has 1 aromatic carbocycles. The first-order valence-corrected chi connectivity index (χ1v) is 9.03. The molecule has 0 N–H and O–H groups in total. The number of benzene rings is 1. The molecule has 22 heavy (non-hydrogen) atoms. The molecule has 3 aliphatic rings. The maximum Gasteiger partial charge on any atom is 0.190 e. The molecule has 2 unspecified atom stereocenters.